The van der Waals surface area contributed by atoms with E-state index in [4.69, 9.17) is 11.5 Å². The van der Waals surface area contributed by atoms with Crippen molar-refractivity contribution < 1.29 is 9.18 Å². The molecule has 1 aromatic rings. The molecule has 0 saturated heterocycles. The van der Waals surface area contributed by atoms with E-state index >= 15 is 0 Å². The van der Waals surface area contributed by atoms with E-state index in [9.17, 15) is 9.18 Å². The van der Waals surface area contributed by atoms with E-state index in [0.717, 1.165) is 18.9 Å². The lowest BCUT2D eigenvalue weighted by atomic mass is 10.1. The minimum atomic E-state index is -0.648. The molecule has 4 nitrogen and oxygen atoms in total. The molecule has 1 aromatic carbocycles. The first-order chi connectivity index (χ1) is 9.56. The van der Waals surface area contributed by atoms with Gasteiger partial charge in [0, 0.05) is 12.2 Å². The summed E-state index contributed by atoms with van der Waals surface area (Å²) in [5, 5.41) is 2.99. The molecule has 0 aromatic heterocycles. The van der Waals surface area contributed by atoms with Crippen LogP contribution in [0.3, 0.4) is 0 Å². The first-order valence-electron chi connectivity index (χ1n) is 7.19. The summed E-state index contributed by atoms with van der Waals surface area (Å²) in [5.74, 6) is -1.11. The van der Waals surface area contributed by atoms with Crippen molar-refractivity contribution in [2.75, 3.05) is 17.6 Å². The number of amides is 1. The molecule has 5 heteroatoms. The van der Waals surface area contributed by atoms with E-state index in [0.29, 0.717) is 6.54 Å². The molecule has 0 unspecified atom stereocenters. The van der Waals surface area contributed by atoms with Gasteiger partial charge in [-0.2, -0.15) is 0 Å². The summed E-state index contributed by atoms with van der Waals surface area (Å²) in [6.45, 7) is 2.85. The van der Waals surface area contributed by atoms with Gasteiger partial charge in [-0.3, -0.25) is 4.79 Å². The molecule has 1 amide bonds. The average Bonchev–Trinajstić information content (AvgIpc) is 2.39. The third-order valence-electron chi connectivity index (χ3n) is 3.25. The number of hydrogen-bond donors (Lipinski definition) is 3. The molecule has 0 spiro atoms. The van der Waals surface area contributed by atoms with Gasteiger partial charge in [0.15, 0.2) is 0 Å². The SMILES string of the molecule is CCCCCCCCNc1cc(C(N)=O)c(N)cc1F. The van der Waals surface area contributed by atoms with Gasteiger partial charge in [0.25, 0.3) is 5.91 Å². The van der Waals surface area contributed by atoms with Crippen molar-refractivity contribution in [3.8, 4) is 0 Å². The normalized spacial score (nSPS) is 10.5. The monoisotopic (exact) mass is 281 g/mol. The summed E-state index contributed by atoms with van der Waals surface area (Å²) in [7, 11) is 0. The smallest absolute Gasteiger partial charge is 0.250 e. The number of anilines is 2. The van der Waals surface area contributed by atoms with E-state index in [-0.39, 0.29) is 16.9 Å². The number of unbranched alkanes of at least 4 members (excludes halogenated alkanes) is 5. The molecule has 5 N–H and O–H groups in total. The van der Waals surface area contributed by atoms with Crippen LogP contribution in [0.5, 0.6) is 0 Å². The number of benzene rings is 1. The molecule has 1 rings (SSSR count). The Labute approximate surface area is 119 Å². The molecule has 0 radical (unpaired) electrons. The van der Waals surface area contributed by atoms with Gasteiger partial charge in [-0.15, -0.1) is 0 Å². The number of primary amides is 1. The predicted octanol–water partition coefficient (Wildman–Crippen LogP) is 3.28. The van der Waals surface area contributed by atoms with E-state index in [1.54, 1.807) is 0 Å². The zero-order chi connectivity index (χ0) is 15.0. The minimum Gasteiger partial charge on any atom is -0.398 e. The molecule has 0 aliphatic heterocycles. The maximum absolute atomic E-state index is 13.7. The van der Waals surface area contributed by atoms with Gasteiger partial charge >= 0.3 is 0 Å². The van der Waals surface area contributed by atoms with Crippen molar-refractivity contribution >= 4 is 17.3 Å². The minimum absolute atomic E-state index is 0.0696. The van der Waals surface area contributed by atoms with Crippen LogP contribution in [0.2, 0.25) is 0 Å². The van der Waals surface area contributed by atoms with E-state index in [1.165, 1.54) is 31.7 Å². The van der Waals surface area contributed by atoms with Crippen molar-refractivity contribution in [2.24, 2.45) is 5.73 Å². The lowest BCUT2D eigenvalue weighted by Crippen LogP contribution is -2.15. The van der Waals surface area contributed by atoms with Gasteiger partial charge in [-0.25, -0.2) is 4.39 Å². The third-order valence-corrected chi connectivity index (χ3v) is 3.25. The predicted molar refractivity (Wildman–Crippen MR) is 81.2 cm³/mol. The first kappa shape index (κ1) is 16.3. The number of carbonyl (C=O) groups is 1. The summed E-state index contributed by atoms with van der Waals surface area (Å²) in [6, 6.07) is 2.51. The fraction of sp³-hybridized carbons (Fsp3) is 0.533. The maximum Gasteiger partial charge on any atom is 0.250 e. The zero-order valence-electron chi connectivity index (χ0n) is 12.0. The molecule has 0 atom stereocenters. The average molecular weight is 281 g/mol. The second-order valence-electron chi connectivity index (χ2n) is 4.98. The highest BCUT2D eigenvalue weighted by molar-refractivity contribution is 5.99. The Balaban J connectivity index is 2.44. The number of nitrogen functional groups attached to an aromatic ring is 1. The molecule has 0 aliphatic rings. The van der Waals surface area contributed by atoms with Crippen LogP contribution >= 0.6 is 0 Å². The summed E-state index contributed by atoms with van der Waals surface area (Å²) in [4.78, 5) is 11.2. The second kappa shape index (κ2) is 8.40. The number of halogens is 1. The molecular formula is C15H24FN3O. The van der Waals surface area contributed by atoms with Crippen molar-refractivity contribution in [3.63, 3.8) is 0 Å². The molecule has 0 aliphatic carbocycles. The van der Waals surface area contributed by atoms with Crippen LogP contribution in [0.25, 0.3) is 0 Å². The van der Waals surface area contributed by atoms with Crippen LogP contribution < -0.4 is 16.8 Å². The highest BCUT2D eigenvalue weighted by Gasteiger charge is 2.11. The summed E-state index contributed by atoms with van der Waals surface area (Å²) >= 11 is 0. The van der Waals surface area contributed by atoms with Crippen LogP contribution in [0.15, 0.2) is 12.1 Å². The Kier molecular flexibility index (Phi) is 6.84. The molecule has 0 saturated carbocycles. The van der Waals surface area contributed by atoms with E-state index in [2.05, 4.69) is 12.2 Å². The van der Waals surface area contributed by atoms with Crippen molar-refractivity contribution in [1.82, 2.24) is 0 Å². The number of nitrogens with one attached hydrogen (secondary N) is 1. The summed E-state index contributed by atoms with van der Waals surface area (Å²) in [5.41, 5.74) is 11.2. The molecular weight excluding hydrogens is 257 g/mol. The highest BCUT2D eigenvalue weighted by Crippen LogP contribution is 2.22. The lowest BCUT2D eigenvalue weighted by molar-refractivity contribution is 0.100. The van der Waals surface area contributed by atoms with Crippen molar-refractivity contribution in [3.05, 3.63) is 23.5 Å². The molecule has 20 heavy (non-hydrogen) atoms. The quantitative estimate of drug-likeness (QED) is 0.480. The Hall–Kier alpha value is -1.78. The Morgan fingerprint density at radius 3 is 2.50 bits per heavy atom. The zero-order valence-corrected chi connectivity index (χ0v) is 12.0. The van der Waals surface area contributed by atoms with Crippen molar-refractivity contribution in [1.29, 1.82) is 0 Å². The van der Waals surface area contributed by atoms with Gasteiger partial charge in [0.05, 0.1) is 11.3 Å². The van der Waals surface area contributed by atoms with Gasteiger partial charge in [0.1, 0.15) is 5.82 Å². The topological polar surface area (TPSA) is 81.1 Å². The number of nitrogens with two attached hydrogens (primary N) is 2. The first-order valence-corrected chi connectivity index (χ1v) is 7.19. The van der Waals surface area contributed by atoms with Crippen LogP contribution in [-0.2, 0) is 0 Å². The van der Waals surface area contributed by atoms with Gasteiger partial charge < -0.3 is 16.8 Å². The Morgan fingerprint density at radius 2 is 1.85 bits per heavy atom. The fourth-order valence-electron chi connectivity index (χ4n) is 2.07. The van der Waals surface area contributed by atoms with Crippen LogP contribution in [0.4, 0.5) is 15.8 Å². The van der Waals surface area contributed by atoms with Crippen molar-refractivity contribution in [2.45, 2.75) is 45.4 Å². The van der Waals surface area contributed by atoms with Crippen LogP contribution in [0.1, 0.15) is 55.8 Å². The molecule has 112 valence electrons. The lowest BCUT2D eigenvalue weighted by Gasteiger charge is -2.10. The third kappa shape index (κ3) is 5.07. The number of carbonyl (C=O) groups excluding carboxylic acids is 1. The van der Waals surface area contributed by atoms with E-state index in [1.807, 2.05) is 0 Å². The van der Waals surface area contributed by atoms with Crippen LogP contribution in [-0.4, -0.2) is 12.5 Å². The largest absolute Gasteiger partial charge is 0.398 e. The maximum atomic E-state index is 13.7. The Bertz CT molecular complexity index is 449. The van der Waals surface area contributed by atoms with Crippen LogP contribution in [0, 0.1) is 5.82 Å². The highest BCUT2D eigenvalue weighted by atomic mass is 19.1. The van der Waals surface area contributed by atoms with E-state index < -0.39 is 11.7 Å². The summed E-state index contributed by atoms with van der Waals surface area (Å²) < 4.78 is 13.7. The molecule has 0 heterocycles. The van der Waals surface area contributed by atoms with Gasteiger partial charge in [-0.1, -0.05) is 39.0 Å². The number of rotatable bonds is 9. The van der Waals surface area contributed by atoms with Gasteiger partial charge in [-0.05, 0) is 18.6 Å². The van der Waals surface area contributed by atoms with Gasteiger partial charge in [0.2, 0.25) is 0 Å². The fourth-order valence-corrected chi connectivity index (χ4v) is 2.07. The second-order valence-corrected chi connectivity index (χ2v) is 4.98. The number of hydrogen-bond acceptors (Lipinski definition) is 3. The molecule has 0 fully saturated rings. The molecule has 0 bridgehead atoms. The summed E-state index contributed by atoms with van der Waals surface area (Å²) in [6.07, 6.45) is 7.03. The standard InChI is InChI=1S/C15H24FN3O/c1-2-3-4-5-6-7-8-19-14-9-11(15(18)20)13(17)10-12(14)16/h9-10,19H,2-8,17H2,1H3,(H2,18,20). The Morgan fingerprint density at radius 1 is 1.20 bits per heavy atom.